The van der Waals surface area contributed by atoms with E-state index in [1.807, 2.05) is 12.1 Å². The summed E-state index contributed by atoms with van der Waals surface area (Å²) in [6, 6.07) is 13.8. The number of aliphatic hydroxyl groups excluding tert-OH is 1. The molecule has 0 saturated carbocycles. The number of nitrogens with one attached hydrogen (secondary N) is 2. The molecule has 2 aliphatic heterocycles. The molecule has 240 valence electrons. The Bertz CT molecular complexity index is 1530. The van der Waals surface area contributed by atoms with Crippen molar-refractivity contribution in [2.75, 3.05) is 56.5 Å². The van der Waals surface area contributed by atoms with E-state index in [-0.39, 0.29) is 19.2 Å². The van der Waals surface area contributed by atoms with Crippen molar-refractivity contribution in [3.63, 3.8) is 0 Å². The van der Waals surface area contributed by atoms with Crippen molar-refractivity contribution in [1.29, 1.82) is 5.26 Å². The van der Waals surface area contributed by atoms with E-state index in [2.05, 4.69) is 43.3 Å². The molecule has 3 N–H and O–H groups in total. The molecule has 2 aliphatic rings. The average Bonchev–Trinajstić information content (AvgIpc) is 3.37. The predicted molar refractivity (Wildman–Crippen MR) is 171 cm³/mol. The van der Waals surface area contributed by atoms with Crippen LogP contribution in [0.15, 0.2) is 42.6 Å². The number of anilines is 2. The number of fused-ring (bicyclic) bond motifs is 1. The van der Waals surface area contributed by atoms with Gasteiger partial charge < -0.3 is 30.1 Å². The number of hydrogen-bond acceptors (Lipinski definition) is 7. The van der Waals surface area contributed by atoms with Gasteiger partial charge >= 0.3 is 6.18 Å². The maximum absolute atomic E-state index is 13.7. The van der Waals surface area contributed by atoms with Gasteiger partial charge in [-0.1, -0.05) is 12.0 Å². The predicted octanol–water partition coefficient (Wildman–Crippen LogP) is 5.20. The number of hydrogen-bond donors (Lipinski definition) is 3. The molecule has 0 spiro atoms. The lowest BCUT2D eigenvalue weighted by atomic mass is 9.91. The van der Waals surface area contributed by atoms with Crippen molar-refractivity contribution < 1.29 is 18.3 Å². The maximum Gasteiger partial charge on any atom is 0.406 e. The van der Waals surface area contributed by atoms with Crippen molar-refractivity contribution in [3.05, 3.63) is 54.0 Å². The Morgan fingerprint density at radius 2 is 1.80 bits per heavy atom. The van der Waals surface area contributed by atoms with E-state index in [1.54, 1.807) is 44.3 Å². The molecule has 0 unspecified atom stereocenters. The maximum atomic E-state index is 13.7. The number of pyridine rings is 1. The van der Waals surface area contributed by atoms with Gasteiger partial charge in [0.05, 0.1) is 53.4 Å². The van der Waals surface area contributed by atoms with Gasteiger partial charge in [0.15, 0.2) is 0 Å². The van der Waals surface area contributed by atoms with Crippen LogP contribution in [0.2, 0.25) is 0 Å². The summed E-state index contributed by atoms with van der Waals surface area (Å²) in [6.45, 7) is 7.67. The molecule has 3 aromatic rings. The fourth-order valence-electron chi connectivity index (χ4n) is 6.35. The third kappa shape index (κ3) is 8.29. The van der Waals surface area contributed by atoms with E-state index in [0.29, 0.717) is 28.6 Å². The lowest BCUT2D eigenvalue weighted by Gasteiger charge is -2.42. The van der Waals surface area contributed by atoms with Crippen LogP contribution in [0.25, 0.3) is 10.9 Å². The highest BCUT2D eigenvalue weighted by atomic mass is 19.4. The van der Waals surface area contributed by atoms with Crippen LogP contribution < -0.4 is 10.6 Å². The summed E-state index contributed by atoms with van der Waals surface area (Å²) in [4.78, 5) is 9.25. The van der Waals surface area contributed by atoms with Gasteiger partial charge in [0, 0.05) is 42.8 Å². The lowest BCUT2D eigenvalue weighted by Crippen LogP contribution is -2.49. The van der Waals surface area contributed by atoms with Crippen molar-refractivity contribution in [2.45, 2.75) is 69.8 Å². The summed E-state index contributed by atoms with van der Waals surface area (Å²) in [6.07, 6.45) is 1.41. The first-order valence-corrected chi connectivity index (χ1v) is 15.7. The Morgan fingerprint density at radius 1 is 1.04 bits per heavy atom. The minimum Gasteiger partial charge on any atom is -0.395 e. The van der Waals surface area contributed by atoms with Crippen LogP contribution in [0.5, 0.6) is 0 Å². The van der Waals surface area contributed by atoms with E-state index in [0.717, 1.165) is 69.5 Å². The second kappa shape index (κ2) is 14.1. The molecular formula is C34H42F3N7O. The lowest BCUT2D eigenvalue weighted by molar-refractivity contribution is -0.140. The zero-order chi connectivity index (χ0) is 32.0. The number of likely N-dealkylation sites (tertiary alicyclic amines) is 2. The Hall–Kier alpha value is -3.77. The third-order valence-electron chi connectivity index (χ3n) is 8.94. The minimum absolute atomic E-state index is 0.205. The Morgan fingerprint density at radius 3 is 2.44 bits per heavy atom. The first-order chi connectivity index (χ1) is 21.6. The monoisotopic (exact) mass is 621 g/mol. The van der Waals surface area contributed by atoms with Gasteiger partial charge in [-0.15, -0.1) is 0 Å². The Kier molecular flexibility index (Phi) is 10.2. The van der Waals surface area contributed by atoms with Crippen LogP contribution >= 0.6 is 0 Å². The first kappa shape index (κ1) is 32.6. The van der Waals surface area contributed by atoms with E-state index in [9.17, 15) is 23.5 Å². The zero-order valence-corrected chi connectivity index (χ0v) is 26.0. The number of alkyl halides is 3. The summed E-state index contributed by atoms with van der Waals surface area (Å²) in [5.41, 5.74) is 2.31. The van der Waals surface area contributed by atoms with Crippen molar-refractivity contribution >= 4 is 22.3 Å². The van der Waals surface area contributed by atoms with Gasteiger partial charge in [0.1, 0.15) is 6.54 Å². The van der Waals surface area contributed by atoms with Gasteiger partial charge in [-0.25, -0.2) is 0 Å². The minimum atomic E-state index is -4.39. The number of benzene rings is 1. The number of piperidine rings is 2. The van der Waals surface area contributed by atoms with E-state index in [4.69, 9.17) is 0 Å². The second-order valence-corrected chi connectivity index (χ2v) is 12.5. The topological polar surface area (TPSA) is 92.4 Å². The molecule has 0 bridgehead atoms. The van der Waals surface area contributed by atoms with Crippen LogP contribution in [-0.4, -0.2) is 88.6 Å². The highest BCUT2D eigenvalue weighted by Crippen LogP contribution is 2.32. The molecule has 2 saturated heterocycles. The van der Waals surface area contributed by atoms with Gasteiger partial charge in [0.25, 0.3) is 0 Å². The highest BCUT2D eigenvalue weighted by molar-refractivity contribution is 5.94. The number of β-amino-alcohol motifs (C(OH)–C–C–N with tert-alkyl or cyclic N) is 1. The third-order valence-corrected chi connectivity index (χ3v) is 8.94. The first-order valence-electron chi connectivity index (χ1n) is 15.7. The number of aromatic nitrogens is 2. The summed E-state index contributed by atoms with van der Waals surface area (Å²) >= 11 is 0. The van der Waals surface area contributed by atoms with Crippen molar-refractivity contribution in [1.82, 2.24) is 19.4 Å². The SMILES string of the molecule is CC(C)(C#N)c1ccc(NCC#Cc2cc3c(NC4CCN(C5CCN(CCO)CC5)CC4)cccc3n2CC(F)(F)F)cn1. The molecule has 0 radical (unpaired) electrons. The summed E-state index contributed by atoms with van der Waals surface area (Å²) < 4.78 is 42.2. The smallest absolute Gasteiger partial charge is 0.395 e. The van der Waals surface area contributed by atoms with E-state index < -0.39 is 18.1 Å². The molecule has 45 heavy (non-hydrogen) atoms. The van der Waals surface area contributed by atoms with Crippen LogP contribution in [0, 0.1) is 23.2 Å². The molecule has 2 aromatic heterocycles. The molecule has 0 amide bonds. The van der Waals surface area contributed by atoms with E-state index >= 15 is 0 Å². The summed E-state index contributed by atoms with van der Waals surface area (Å²) in [5, 5.41) is 26.0. The molecule has 5 rings (SSSR count). The van der Waals surface area contributed by atoms with Gasteiger partial charge in [0.2, 0.25) is 0 Å². The van der Waals surface area contributed by atoms with Gasteiger partial charge in [-0.2, -0.15) is 18.4 Å². The quantitative estimate of drug-likeness (QED) is 0.283. The number of nitriles is 1. The molecule has 11 heteroatoms. The second-order valence-electron chi connectivity index (χ2n) is 12.5. The molecular weight excluding hydrogens is 579 g/mol. The molecule has 1 aromatic carbocycles. The standard InChI is InChI=1S/C34H42F3N7O/c1-33(2,23-38)32-9-8-26(22-40-32)39-14-4-5-28-21-29-30(6-3-7-31(29)44(28)24-34(35,36)37)41-25-10-17-43(18-11-25)27-12-15-42(16-13-27)19-20-45/h3,6-9,21-22,25,27,39,41,45H,10-20,24H2,1-2H3. The van der Waals surface area contributed by atoms with Crippen LogP contribution in [0.4, 0.5) is 24.5 Å². The van der Waals surface area contributed by atoms with Crippen LogP contribution in [0.3, 0.4) is 0 Å². The highest BCUT2D eigenvalue weighted by Gasteiger charge is 2.31. The normalized spacial score (nSPS) is 17.5. The van der Waals surface area contributed by atoms with Crippen molar-refractivity contribution in [3.8, 4) is 17.9 Å². The fraction of sp³-hybridized carbons (Fsp3) is 0.529. The Balaban J connectivity index is 1.25. The number of rotatable bonds is 9. The number of aliphatic hydroxyl groups is 1. The van der Waals surface area contributed by atoms with Gasteiger partial charge in [-0.05, 0) is 88.9 Å². The number of halogens is 3. The fourth-order valence-corrected chi connectivity index (χ4v) is 6.35. The van der Waals surface area contributed by atoms with Gasteiger partial charge in [-0.3, -0.25) is 4.98 Å². The average molecular weight is 622 g/mol. The Labute approximate surface area is 263 Å². The molecule has 2 fully saturated rings. The largest absolute Gasteiger partial charge is 0.406 e. The van der Waals surface area contributed by atoms with Crippen LogP contribution in [-0.2, 0) is 12.0 Å². The summed E-state index contributed by atoms with van der Waals surface area (Å²) in [7, 11) is 0. The molecule has 0 atom stereocenters. The molecule has 0 aliphatic carbocycles. The van der Waals surface area contributed by atoms with Crippen molar-refractivity contribution in [2.24, 2.45) is 0 Å². The zero-order valence-electron chi connectivity index (χ0n) is 26.0. The number of nitrogens with zero attached hydrogens (tertiary/aromatic N) is 5. The van der Waals surface area contributed by atoms with E-state index in [1.165, 1.54) is 4.57 Å². The summed E-state index contributed by atoms with van der Waals surface area (Å²) in [5.74, 6) is 5.93. The van der Waals surface area contributed by atoms with Crippen LogP contribution in [0.1, 0.15) is 50.9 Å². The molecule has 4 heterocycles. The molecule has 8 nitrogen and oxygen atoms in total.